The van der Waals surface area contributed by atoms with Crippen LogP contribution < -0.4 is 15.4 Å². The third kappa shape index (κ3) is 7.14. The molecule has 20 heavy (non-hydrogen) atoms. The fraction of sp³-hybridized carbons (Fsp3) is 0.562. The maximum Gasteiger partial charge on any atom is 0.219 e. The van der Waals surface area contributed by atoms with Crippen molar-refractivity contribution in [2.75, 3.05) is 20.2 Å². The highest BCUT2D eigenvalue weighted by atomic mass is 16.5. The van der Waals surface area contributed by atoms with Gasteiger partial charge in [0.2, 0.25) is 5.91 Å². The quantitative estimate of drug-likeness (QED) is 0.682. The summed E-state index contributed by atoms with van der Waals surface area (Å²) in [6.07, 6.45) is 1.24. The predicted molar refractivity (Wildman–Crippen MR) is 81.8 cm³/mol. The molecule has 0 unspecified atom stereocenters. The minimum Gasteiger partial charge on any atom is -0.494 e. The molecule has 4 heteroatoms. The summed E-state index contributed by atoms with van der Waals surface area (Å²) >= 11 is 0. The molecule has 4 nitrogen and oxygen atoms in total. The van der Waals surface area contributed by atoms with E-state index >= 15 is 0 Å². The van der Waals surface area contributed by atoms with Crippen molar-refractivity contribution in [3.63, 3.8) is 0 Å². The summed E-state index contributed by atoms with van der Waals surface area (Å²) in [6, 6.07) is 8.10. The highest BCUT2D eigenvalue weighted by molar-refractivity contribution is 5.75. The van der Waals surface area contributed by atoms with Crippen LogP contribution in [0.5, 0.6) is 5.75 Å². The SMILES string of the molecule is CNC(=O)CCCOc1ccc(CNCC(C)C)cc1. The van der Waals surface area contributed by atoms with Crippen LogP contribution in [0.2, 0.25) is 0 Å². The number of hydrogen-bond acceptors (Lipinski definition) is 3. The average molecular weight is 278 g/mol. The minimum atomic E-state index is 0.0557. The number of carbonyl (C=O) groups is 1. The van der Waals surface area contributed by atoms with E-state index in [1.54, 1.807) is 7.05 Å². The molecule has 0 heterocycles. The first-order valence-corrected chi connectivity index (χ1v) is 7.25. The van der Waals surface area contributed by atoms with E-state index in [9.17, 15) is 4.79 Å². The fourth-order valence-corrected chi connectivity index (χ4v) is 1.76. The van der Waals surface area contributed by atoms with Gasteiger partial charge >= 0.3 is 0 Å². The van der Waals surface area contributed by atoms with Crippen LogP contribution in [0.25, 0.3) is 0 Å². The molecule has 112 valence electrons. The second-order valence-corrected chi connectivity index (χ2v) is 5.29. The van der Waals surface area contributed by atoms with E-state index in [4.69, 9.17) is 4.74 Å². The summed E-state index contributed by atoms with van der Waals surface area (Å²) in [4.78, 5) is 11.0. The molecule has 1 aromatic carbocycles. The van der Waals surface area contributed by atoms with E-state index < -0.39 is 0 Å². The lowest BCUT2D eigenvalue weighted by Crippen LogP contribution is -2.18. The van der Waals surface area contributed by atoms with Gasteiger partial charge in [0.05, 0.1) is 6.61 Å². The molecule has 0 aliphatic carbocycles. The number of carbonyl (C=O) groups excluding carboxylic acids is 1. The predicted octanol–water partition coefficient (Wildman–Crippen LogP) is 2.34. The van der Waals surface area contributed by atoms with Crippen LogP contribution in [0.15, 0.2) is 24.3 Å². The Balaban J connectivity index is 2.23. The van der Waals surface area contributed by atoms with Crippen LogP contribution in [0, 0.1) is 5.92 Å². The van der Waals surface area contributed by atoms with Crippen molar-refractivity contribution in [3.05, 3.63) is 29.8 Å². The maximum atomic E-state index is 11.0. The third-order valence-corrected chi connectivity index (χ3v) is 2.90. The Morgan fingerprint density at radius 1 is 1.25 bits per heavy atom. The molecule has 0 aliphatic rings. The Hall–Kier alpha value is -1.55. The number of rotatable bonds is 9. The van der Waals surface area contributed by atoms with Gasteiger partial charge in [-0.05, 0) is 36.6 Å². The highest BCUT2D eigenvalue weighted by Crippen LogP contribution is 2.12. The van der Waals surface area contributed by atoms with Gasteiger partial charge in [0, 0.05) is 20.0 Å². The van der Waals surface area contributed by atoms with Crippen LogP contribution >= 0.6 is 0 Å². The average Bonchev–Trinajstić information content (AvgIpc) is 2.44. The van der Waals surface area contributed by atoms with Crippen molar-refractivity contribution in [2.24, 2.45) is 5.92 Å². The molecule has 0 saturated heterocycles. The Morgan fingerprint density at radius 3 is 2.55 bits per heavy atom. The first-order valence-electron chi connectivity index (χ1n) is 7.25. The van der Waals surface area contributed by atoms with Crippen molar-refractivity contribution < 1.29 is 9.53 Å². The van der Waals surface area contributed by atoms with Gasteiger partial charge in [-0.1, -0.05) is 26.0 Å². The number of nitrogens with one attached hydrogen (secondary N) is 2. The largest absolute Gasteiger partial charge is 0.494 e. The Labute approximate surface area is 121 Å². The van der Waals surface area contributed by atoms with Crippen molar-refractivity contribution in [2.45, 2.75) is 33.2 Å². The van der Waals surface area contributed by atoms with E-state index in [-0.39, 0.29) is 5.91 Å². The van der Waals surface area contributed by atoms with Gasteiger partial charge < -0.3 is 15.4 Å². The lowest BCUT2D eigenvalue weighted by Gasteiger charge is -2.09. The van der Waals surface area contributed by atoms with Crippen LogP contribution in [-0.2, 0) is 11.3 Å². The number of hydrogen-bond donors (Lipinski definition) is 2. The van der Waals surface area contributed by atoms with Crippen molar-refractivity contribution >= 4 is 5.91 Å². The highest BCUT2D eigenvalue weighted by Gasteiger charge is 1.99. The van der Waals surface area contributed by atoms with Gasteiger partial charge in [0.25, 0.3) is 0 Å². The molecule has 2 N–H and O–H groups in total. The molecule has 0 atom stereocenters. The van der Waals surface area contributed by atoms with Crippen LogP contribution in [0.1, 0.15) is 32.3 Å². The molecule has 0 saturated carbocycles. The zero-order valence-corrected chi connectivity index (χ0v) is 12.7. The van der Waals surface area contributed by atoms with E-state index in [0.29, 0.717) is 18.9 Å². The lowest BCUT2D eigenvalue weighted by atomic mass is 10.2. The fourth-order valence-electron chi connectivity index (χ4n) is 1.76. The van der Waals surface area contributed by atoms with Gasteiger partial charge in [0.1, 0.15) is 5.75 Å². The van der Waals surface area contributed by atoms with Crippen molar-refractivity contribution in [3.8, 4) is 5.75 Å². The number of benzene rings is 1. The summed E-state index contributed by atoms with van der Waals surface area (Å²) in [5, 5.41) is 6.00. The number of ether oxygens (including phenoxy) is 1. The molecule has 0 fully saturated rings. The summed E-state index contributed by atoms with van der Waals surface area (Å²) in [7, 11) is 1.65. The lowest BCUT2D eigenvalue weighted by molar-refractivity contribution is -0.120. The molecule has 1 rings (SSSR count). The maximum absolute atomic E-state index is 11.0. The standard InChI is InChI=1S/C16H26N2O2/c1-13(2)11-18-12-14-6-8-15(9-7-14)20-10-4-5-16(19)17-3/h6-9,13,18H,4-5,10-12H2,1-3H3,(H,17,19). The molecule has 0 aromatic heterocycles. The van der Waals surface area contributed by atoms with Crippen LogP contribution in [0.3, 0.4) is 0 Å². The second-order valence-electron chi connectivity index (χ2n) is 5.29. The smallest absolute Gasteiger partial charge is 0.219 e. The Kier molecular flexibility index (Phi) is 7.73. The van der Waals surface area contributed by atoms with Gasteiger partial charge in [-0.15, -0.1) is 0 Å². The number of amides is 1. The summed E-state index contributed by atoms with van der Waals surface area (Å²) in [6.45, 7) is 6.87. The van der Waals surface area contributed by atoms with Gasteiger partial charge in [-0.2, -0.15) is 0 Å². The molecule has 0 spiro atoms. The first kappa shape index (κ1) is 16.5. The molecule has 0 bridgehead atoms. The zero-order chi connectivity index (χ0) is 14.8. The van der Waals surface area contributed by atoms with E-state index in [1.807, 2.05) is 12.1 Å². The molecular weight excluding hydrogens is 252 g/mol. The summed E-state index contributed by atoms with van der Waals surface area (Å²) < 4.78 is 5.60. The van der Waals surface area contributed by atoms with Crippen molar-refractivity contribution in [1.82, 2.24) is 10.6 Å². The van der Waals surface area contributed by atoms with Gasteiger partial charge in [-0.25, -0.2) is 0 Å². The van der Waals surface area contributed by atoms with E-state index in [1.165, 1.54) is 5.56 Å². The monoisotopic (exact) mass is 278 g/mol. The molecular formula is C16H26N2O2. The summed E-state index contributed by atoms with van der Waals surface area (Å²) in [5.74, 6) is 1.58. The van der Waals surface area contributed by atoms with Crippen LogP contribution in [-0.4, -0.2) is 26.1 Å². The van der Waals surface area contributed by atoms with Gasteiger partial charge in [-0.3, -0.25) is 4.79 Å². The topological polar surface area (TPSA) is 50.4 Å². The third-order valence-electron chi connectivity index (χ3n) is 2.90. The zero-order valence-electron chi connectivity index (χ0n) is 12.7. The van der Waals surface area contributed by atoms with Crippen LogP contribution in [0.4, 0.5) is 0 Å². The van der Waals surface area contributed by atoms with Crippen molar-refractivity contribution in [1.29, 1.82) is 0 Å². The Morgan fingerprint density at radius 2 is 1.95 bits per heavy atom. The summed E-state index contributed by atoms with van der Waals surface area (Å²) in [5.41, 5.74) is 1.25. The molecule has 0 aliphatic heterocycles. The Bertz CT molecular complexity index is 388. The van der Waals surface area contributed by atoms with Gasteiger partial charge in [0.15, 0.2) is 0 Å². The molecule has 1 aromatic rings. The van der Waals surface area contributed by atoms with E-state index in [0.717, 1.165) is 25.3 Å². The second kappa shape index (κ2) is 9.37. The molecule has 1 amide bonds. The first-order chi connectivity index (χ1) is 9.61. The minimum absolute atomic E-state index is 0.0557. The molecule has 0 radical (unpaired) electrons. The normalized spacial score (nSPS) is 10.6. The van der Waals surface area contributed by atoms with E-state index in [2.05, 4.69) is 36.6 Å².